The molecule has 3 N–H and O–H groups in total. The summed E-state index contributed by atoms with van der Waals surface area (Å²) in [6, 6.07) is 3.28. The molecule has 1 amide bonds. The molecule has 0 spiro atoms. The molecule has 1 saturated carbocycles. The average molecular weight is 309 g/mol. The summed E-state index contributed by atoms with van der Waals surface area (Å²) >= 11 is 0. The average Bonchev–Trinajstić information content (AvgIpc) is 3.37. The van der Waals surface area contributed by atoms with Crippen molar-refractivity contribution >= 4 is 5.91 Å². The molecule has 4 unspecified atom stereocenters. The smallest absolute Gasteiger partial charge is 0.271 e. The number of carbonyl (C=O) groups is 1. The summed E-state index contributed by atoms with van der Waals surface area (Å²) in [4.78, 5) is 16.2. The van der Waals surface area contributed by atoms with Crippen LogP contribution in [0.4, 0.5) is 0 Å². The molecule has 4 aliphatic carbocycles. The highest BCUT2D eigenvalue weighted by atomic mass is 16.3. The van der Waals surface area contributed by atoms with E-state index >= 15 is 0 Å². The maximum absolute atomic E-state index is 12.3. The molecule has 2 aromatic rings. The number of nitrogens with zero attached hydrogens (tertiary/aromatic N) is 2. The van der Waals surface area contributed by atoms with E-state index in [4.69, 9.17) is 0 Å². The highest BCUT2D eigenvalue weighted by Gasteiger charge is 2.57. The van der Waals surface area contributed by atoms with Crippen molar-refractivity contribution in [3.05, 3.63) is 53.4 Å². The third kappa shape index (κ3) is 1.58. The summed E-state index contributed by atoms with van der Waals surface area (Å²) in [6.07, 6.45) is 8.39. The maximum Gasteiger partial charge on any atom is 0.271 e. The lowest BCUT2D eigenvalue weighted by molar-refractivity contribution is 0.100. The molecule has 6 heteroatoms. The number of amides is 1. The van der Waals surface area contributed by atoms with Crippen molar-refractivity contribution in [3.63, 3.8) is 0 Å². The van der Waals surface area contributed by atoms with Gasteiger partial charge in [0.2, 0.25) is 11.8 Å². The van der Waals surface area contributed by atoms with E-state index in [1.807, 2.05) is 0 Å². The Bertz CT molecular complexity index is 814. The van der Waals surface area contributed by atoms with E-state index in [-0.39, 0.29) is 23.6 Å². The number of nitrogens with one attached hydrogen (secondary N) is 1. The summed E-state index contributed by atoms with van der Waals surface area (Å²) in [6.45, 7) is 0. The fourth-order valence-electron chi connectivity index (χ4n) is 4.22. The molecule has 6 rings (SSSR count). The minimum Gasteiger partial charge on any atom is -0.493 e. The molecule has 0 radical (unpaired) electrons. The van der Waals surface area contributed by atoms with E-state index in [0.717, 1.165) is 22.2 Å². The standard InChI is InChI=1S/C17H15N3O3/c21-15(8-2-1-5-18-7-8)19-20-16(22)13-9-3-4-10(12-6-11(9)12)14(13)17(20)23/h1-5,7,9-12,22-23H,6H2,(H,19,21). The lowest BCUT2D eigenvalue weighted by Gasteiger charge is -2.29. The topological polar surface area (TPSA) is 87.4 Å². The summed E-state index contributed by atoms with van der Waals surface area (Å²) in [5, 5.41) is 21.1. The Kier molecular flexibility index (Phi) is 2.30. The Morgan fingerprint density at radius 2 is 1.83 bits per heavy atom. The van der Waals surface area contributed by atoms with E-state index < -0.39 is 5.91 Å². The van der Waals surface area contributed by atoms with Crippen LogP contribution in [-0.2, 0) is 0 Å². The van der Waals surface area contributed by atoms with Gasteiger partial charge in [0.1, 0.15) is 0 Å². The molecule has 0 aliphatic heterocycles. The second kappa shape index (κ2) is 4.16. The van der Waals surface area contributed by atoms with Crippen LogP contribution in [0, 0.1) is 11.8 Å². The van der Waals surface area contributed by atoms with Gasteiger partial charge in [-0.25, -0.2) is 0 Å². The second-order valence-electron chi connectivity index (χ2n) is 6.49. The molecule has 23 heavy (non-hydrogen) atoms. The molecule has 6 nitrogen and oxygen atoms in total. The molecular formula is C17H15N3O3. The zero-order chi connectivity index (χ0) is 15.7. The summed E-state index contributed by atoms with van der Waals surface area (Å²) < 4.78 is 1.09. The van der Waals surface area contributed by atoms with Crippen LogP contribution >= 0.6 is 0 Å². The van der Waals surface area contributed by atoms with Crippen molar-refractivity contribution in [1.82, 2.24) is 9.66 Å². The van der Waals surface area contributed by atoms with Crippen molar-refractivity contribution < 1.29 is 15.0 Å². The van der Waals surface area contributed by atoms with E-state index in [1.165, 1.54) is 6.20 Å². The highest BCUT2D eigenvalue weighted by molar-refractivity contribution is 6.00. The minimum absolute atomic E-state index is 0.0700. The second-order valence-corrected chi connectivity index (χ2v) is 6.49. The first-order valence-corrected chi connectivity index (χ1v) is 7.73. The van der Waals surface area contributed by atoms with Gasteiger partial charge in [-0.3, -0.25) is 15.2 Å². The van der Waals surface area contributed by atoms with Crippen LogP contribution in [0.5, 0.6) is 11.8 Å². The van der Waals surface area contributed by atoms with Crippen molar-refractivity contribution in [2.24, 2.45) is 11.8 Å². The molecule has 2 heterocycles. The van der Waals surface area contributed by atoms with E-state index in [0.29, 0.717) is 17.4 Å². The molecule has 0 saturated heterocycles. The summed E-state index contributed by atoms with van der Waals surface area (Å²) in [5.41, 5.74) is 4.45. The number of rotatable bonds is 2. The molecule has 116 valence electrons. The lowest BCUT2D eigenvalue weighted by Crippen LogP contribution is -2.22. The number of allylic oxidation sites excluding steroid dienone is 2. The Morgan fingerprint density at radius 3 is 2.39 bits per heavy atom. The van der Waals surface area contributed by atoms with Crippen LogP contribution in [0.1, 0.15) is 39.7 Å². The van der Waals surface area contributed by atoms with Gasteiger partial charge in [0, 0.05) is 35.4 Å². The van der Waals surface area contributed by atoms with Gasteiger partial charge in [0.05, 0.1) is 5.56 Å². The maximum atomic E-state index is 12.3. The Balaban J connectivity index is 1.55. The predicted octanol–water partition coefficient (Wildman–Crippen LogP) is 2.06. The predicted molar refractivity (Wildman–Crippen MR) is 81.9 cm³/mol. The van der Waals surface area contributed by atoms with Crippen LogP contribution in [0.15, 0.2) is 36.7 Å². The van der Waals surface area contributed by atoms with Gasteiger partial charge in [-0.05, 0) is 30.4 Å². The Morgan fingerprint density at radius 1 is 1.17 bits per heavy atom. The van der Waals surface area contributed by atoms with Gasteiger partial charge in [0.25, 0.3) is 5.91 Å². The molecule has 4 aliphatic rings. The van der Waals surface area contributed by atoms with Crippen LogP contribution in [0.25, 0.3) is 0 Å². The number of aromatic nitrogens is 2. The van der Waals surface area contributed by atoms with Crippen molar-refractivity contribution in [2.45, 2.75) is 18.3 Å². The first-order valence-electron chi connectivity index (χ1n) is 7.73. The number of aromatic hydroxyl groups is 2. The first kappa shape index (κ1) is 12.8. The molecule has 0 aromatic carbocycles. The fraction of sp³-hybridized carbons (Fsp3) is 0.294. The van der Waals surface area contributed by atoms with Gasteiger partial charge in [-0.1, -0.05) is 12.2 Å². The molecular weight excluding hydrogens is 294 g/mol. The van der Waals surface area contributed by atoms with Crippen LogP contribution in [0.2, 0.25) is 0 Å². The Labute approximate surface area is 132 Å². The molecule has 2 bridgehead atoms. The monoisotopic (exact) mass is 309 g/mol. The number of carbonyl (C=O) groups excluding carboxylic acids is 1. The van der Waals surface area contributed by atoms with Crippen LogP contribution < -0.4 is 5.43 Å². The SMILES string of the molecule is O=C(Nn1c(O)c2c(c1O)C1C=CC2C2CC12)c1cccnc1. The third-order valence-corrected chi connectivity index (χ3v) is 5.34. The van der Waals surface area contributed by atoms with E-state index in [2.05, 4.69) is 22.6 Å². The number of hydrogen-bond acceptors (Lipinski definition) is 4. The summed E-state index contributed by atoms with van der Waals surface area (Å²) in [5.74, 6) is 0.839. The van der Waals surface area contributed by atoms with Gasteiger partial charge in [-0.15, -0.1) is 0 Å². The lowest BCUT2D eigenvalue weighted by atomic mass is 9.73. The van der Waals surface area contributed by atoms with Crippen molar-refractivity contribution in [1.29, 1.82) is 0 Å². The highest BCUT2D eigenvalue weighted by Crippen LogP contribution is 2.67. The first-order chi connectivity index (χ1) is 11.2. The fourth-order valence-corrected chi connectivity index (χ4v) is 4.22. The third-order valence-electron chi connectivity index (χ3n) is 5.34. The summed E-state index contributed by atoms with van der Waals surface area (Å²) in [7, 11) is 0. The van der Waals surface area contributed by atoms with Crippen LogP contribution in [-0.4, -0.2) is 25.8 Å². The largest absolute Gasteiger partial charge is 0.493 e. The molecule has 4 atom stereocenters. The van der Waals surface area contributed by atoms with Gasteiger partial charge < -0.3 is 10.2 Å². The van der Waals surface area contributed by atoms with Crippen LogP contribution in [0.3, 0.4) is 0 Å². The minimum atomic E-state index is -0.429. The number of pyridine rings is 1. The van der Waals surface area contributed by atoms with Gasteiger partial charge in [-0.2, -0.15) is 4.68 Å². The number of hydrogen-bond donors (Lipinski definition) is 3. The zero-order valence-electron chi connectivity index (χ0n) is 12.2. The van der Waals surface area contributed by atoms with Crippen molar-refractivity contribution in [3.8, 4) is 11.8 Å². The molecule has 1 fully saturated rings. The van der Waals surface area contributed by atoms with E-state index in [9.17, 15) is 15.0 Å². The quantitative estimate of drug-likeness (QED) is 0.741. The van der Waals surface area contributed by atoms with Crippen molar-refractivity contribution in [2.75, 3.05) is 5.43 Å². The normalized spacial score (nSPS) is 29.0. The zero-order valence-corrected chi connectivity index (χ0v) is 12.2. The van der Waals surface area contributed by atoms with E-state index in [1.54, 1.807) is 18.3 Å². The Hall–Kier alpha value is -2.76. The van der Waals surface area contributed by atoms with Gasteiger partial charge in [0.15, 0.2) is 0 Å². The molecule has 2 aromatic heterocycles. The van der Waals surface area contributed by atoms with Gasteiger partial charge >= 0.3 is 0 Å².